The molecular formula is C34H33N3O3S. The summed E-state index contributed by atoms with van der Waals surface area (Å²) in [6, 6.07) is 29.6. The van der Waals surface area contributed by atoms with E-state index in [0.29, 0.717) is 11.3 Å². The van der Waals surface area contributed by atoms with Gasteiger partial charge in [0, 0.05) is 21.8 Å². The van der Waals surface area contributed by atoms with Gasteiger partial charge in [-0.15, -0.1) is 11.8 Å². The normalized spacial score (nSPS) is 11.9. The van der Waals surface area contributed by atoms with Gasteiger partial charge in [-0.2, -0.15) is 0 Å². The first-order valence-electron chi connectivity index (χ1n) is 13.3. The smallest absolute Gasteiger partial charge is 0.272 e. The van der Waals surface area contributed by atoms with Crippen LogP contribution in [-0.4, -0.2) is 23.0 Å². The van der Waals surface area contributed by atoms with Crippen LogP contribution in [0.5, 0.6) is 0 Å². The van der Waals surface area contributed by atoms with Gasteiger partial charge in [0.15, 0.2) is 0 Å². The second kappa shape index (κ2) is 13.6. The Balaban J connectivity index is 1.43. The maximum absolute atomic E-state index is 13.3. The monoisotopic (exact) mass is 563 g/mol. The third-order valence-electron chi connectivity index (χ3n) is 6.30. The zero-order valence-corrected chi connectivity index (χ0v) is 24.3. The first-order chi connectivity index (χ1) is 19.7. The molecule has 0 spiro atoms. The van der Waals surface area contributed by atoms with E-state index < -0.39 is 5.91 Å². The molecule has 0 heterocycles. The van der Waals surface area contributed by atoms with Crippen molar-refractivity contribution in [3.63, 3.8) is 0 Å². The summed E-state index contributed by atoms with van der Waals surface area (Å²) in [5.74, 6) is -0.905. The van der Waals surface area contributed by atoms with Crippen molar-refractivity contribution in [1.82, 2.24) is 5.32 Å². The summed E-state index contributed by atoms with van der Waals surface area (Å²) in [6.45, 7) is 7.80. The highest BCUT2D eigenvalue weighted by Crippen LogP contribution is 2.26. The number of carbonyl (C=O) groups excluding carboxylic acids is 3. The van der Waals surface area contributed by atoms with E-state index in [9.17, 15) is 14.4 Å². The second-order valence-electron chi connectivity index (χ2n) is 9.84. The van der Waals surface area contributed by atoms with E-state index in [1.807, 2.05) is 82.3 Å². The summed E-state index contributed by atoms with van der Waals surface area (Å²) < 4.78 is 0. The van der Waals surface area contributed by atoms with Gasteiger partial charge in [-0.3, -0.25) is 14.4 Å². The van der Waals surface area contributed by atoms with Crippen LogP contribution in [0.3, 0.4) is 0 Å². The molecule has 0 aliphatic carbocycles. The molecule has 4 aromatic rings. The van der Waals surface area contributed by atoms with Crippen LogP contribution in [0, 0.1) is 20.8 Å². The molecule has 0 saturated heterocycles. The van der Waals surface area contributed by atoms with Crippen molar-refractivity contribution in [2.45, 2.75) is 37.8 Å². The number of nitrogens with one attached hydrogen (secondary N) is 3. The van der Waals surface area contributed by atoms with Gasteiger partial charge in [0.1, 0.15) is 5.70 Å². The topological polar surface area (TPSA) is 87.3 Å². The summed E-state index contributed by atoms with van der Waals surface area (Å²) in [5, 5.41) is 8.30. The largest absolute Gasteiger partial charge is 0.325 e. The van der Waals surface area contributed by atoms with E-state index in [4.69, 9.17) is 0 Å². The van der Waals surface area contributed by atoms with Gasteiger partial charge < -0.3 is 16.0 Å². The summed E-state index contributed by atoms with van der Waals surface area (Å²) in [5.41, 5.74) is 5.92. The number of amides is 3. The Labute approximate surface area is 245 Å². The average Bonchev–Trinajstić information content (AvgIpc) is 2.94. The lowest BCUT2D eigenvalue weighted by molar-refractivity contribution is -0.115. The van der Waals surface area contributed by atoms with Crippen molar-refractivity contribution in [3.8, 4) is 0 Å². The van der Waals surface area contributed by atoms with Gasteiger partial charge in [-0.1, -0.05) is 48.5 Å². The van der Waals surface area contributed by atoms with E-state index in [1.54, 1.807) is 42.5 Å². The SMILES string of the molecule is Cc1cc(C)cc(NC(=O)C(C)Sc2ccc(NC(=O)/C(=C/c3ccccc3C)NC(=O)c3ccccc3)cc2)c1. The molecule has 0 aliphatic rings. The molecule has 3 amide bonds. The quantitative estimate of drug-likeness (QED) is 0.149. The Morgan fingerprint density at radius 2 is 1.37 bits per heavy atom. The molecule has 0 saturated carbocycles. The van der Waals surface area contributed by atoms with E-state index >= 15 is 0 Å². The summed E-state index contributed by atoms with van der Waals surface area (Å²) >= 11 is 1.43. The molecular weight excluding hydrogens is 530 g/mol. The minimum absolute atomic E-state index is 0.0856. The van der Waals surface area contributed by atoms with Crippen molar-refractivity contribution >= 4 is 46.9 Å². The van der Waals surface area contributed by atoms with Crippen LogP contribution < -0.4 is 16.0 Å². The molecule has 4 aromatic carbocycles. The minimum atomic E-state index is -0.445. The van der Waals surface area contributed by atoms with Crippen molar-refractivity contribution in [2.75, 3.05) is 10.6 Å². The Morgan fingerprint density at radius 3 is 2.02 bits per heavy atom. The minimum Gasteiger partial charge on any atom is -0.325 e. The van der Waals surface area contributed by atoms with E-state index in [0.717, 1.165) is 32.8 Å². The fourth-order valence-electron chi connectivity index (χ4n) is 4.21. The third-order valence-corrected chi connectivity index (χ3v) is 7.41. The fourth-order valence-corrected chi connectivity index (χ4v) is 5.08. The predicted molar refractivity (Wildman–Crippen MR) is 168 cm³/mol. The number of thioether (sulfide) groups is 1. The Bertz CT molecular complexity index is 1560. The number of rotatable bonds is 9. The highest BCUT2D eigenvalue weighted by Gasteiger charge is 2.17. The molecule has 0 aliphatic heterocycles. The first kappa shape index (κ1) is 29.4. The molecule has 4 rings (SSSR count). The van der Waals surface area contributed by atoms with Crippen LogP contribution in [0.1, 0.15) is 39.5 Å². The molecule has 7 heteroatoms. The maximum atomic E-state index is 13.3. The Kier molecular flexibility index (Phi) is 9.77. The van der Waals surface area contributed by atoms with E-state index in [1.165, 1.54) is 11.8 Å². The molecule has 0 fully saturated rings. The second-order valence-corrected chi connectivity index (χ2v) is 11.3. The van der Waals surface area contributed by atoms with Crippen LogP contribution >= 0.6 is 11.8 Å². The molecule has 0 radical (unpaired) electrons. The van der Waals surface area contributed by atoms with Gasteiger partial charge >= 0.3 is 0 Å². The van der Waals surface area contributed by atoms with Crippen LogP contribution in [-0.2, 0) is 9.59 Å². The summed E-state index contributed by atoms with van der Waals surface area (Å²) in [6.07, 6.45) is 1.67. The van der Waals surface area contributed by atoms with Gasteiger partial charge in [0.2, 0.25) is 5.91 Å². The van der Waals surface area contributed by atoms with Crippen LogP contribution in [0.4, 0.5) is 11.4 Å². The molecule has 0 aromatic heterocycles. The molecule has 41 heavy (non-hydrogen) atoms. The van der Waals surface area contributed by atoms with Crippen LogP contribution in [0.2, 0.25) is 0 Å². The number of hydrogen-bond donors (Lipinski definition) is 3. The average molecular weight is 564 g/mol. The molecule has 1 unspecified atom stereocenters. The van der Waals surface area contributed by atoms with Gasteiger partial charge in [0.05, 0.1) is 5.25 Å². The predicted octanol–water partition coefficient (Wildman–Crippen LogP) is 7.14. The highest BCUT2D eigenvalue weighted by atomic mass is 32.2. The van der Waals surface area contributed by atoms with Crippen molar-refractivity contribution in [2.24, 2.45) is 0 Å². The van der Waals surface area contributed by atoms with Gasteiger partial charge in [0.25, 0.3) is 11.8 Å². The van der Waals surface area contributed by atoms with Crippen LogP contribution in [0.25, 0.3) is 6.08 Å². The summed E-state index contributed by atoms with van der Waals surface area (Å²) in [7, 11) is 0. The zero-order valence-electron chi connectivity index (χ0n) is 23.5. The van der Waals surface area contributed by atoms with Crippen molar-refractivity contribution in [1.29, 1.82) is 0 Å². The number of benzene rings is 4. The summed E-state index contributed by atoms with van der Waals surface area (Å²) in [4.78, 5) is 39.8. The number of carbonyl (C=O) groups is 3. The molecule has 0 bridgehead atoms. The molecule has 6 nitrogen and oxygen atoms in total. The molecule has 3 N–H and O–H groups in total. The third kappa shape index (κ3) is 8.43. The van der Waals surface area contributed by atoms with E-state index in [-0.39, 0.29) is 22.8 Å². The van der Waals surface area contributed by atoms with Crippen molar-refractivity contribution in [3.05, 3.63) is 131 Å². The van der Waals surface area contributed by atoms with Crippen LogP contribution in [0.15, 0.2) is 108 Å². The lowest BCUT2D eigenvalue weighted by atomic mass is 10.1. The highest BCUT2D eigenvalue weighted by molar-refractivity contribution is 8.00. The Morgan fingerprint density at radius 1 is 0.732 bits per heavy atom. The lowest BCUT2D eigenvalue weighted by Gasteiger charge is -2.14. The Hall–Kier alpha value is -4.62. The molecule has 208 valence electrons. The number of hydrogen-bond acceptors (Lipinski definition) is 4. The maximum Gasteiger partial charge on any atom is 0.272 e. The number of anilines is 2. The molecule has 1 atom stereocenters. The zero-order chi connectivity index (χ0) is 29.4. The first-order valence-corrected chi connectivity index (χ1v) is 14.2. The lowest BCUT2D eigenvalue weighted by Crippen LogP contribution is -2.30. The number of aryl methyl sites for hydroxylation is 3. The van der Waals surface area contributed by atoms with Gasteiger partial charge in [-0.05, 0) is 105 Å². The van der Waals surface area contributed by atoms with E-state index in [2.05, 4.69) is 22.0 Å². The fraction of sp³-hybridized carbons (Fsp3) is 0.147. The van der Waals surface area contributed by atoms with Crippen molar-refractivity contribution < 1.29 is 14.4 Å². The standard InChI is InChI=1S/C34H33N3O3S/c1-22-18-23(2)20-29(19-22)36-32(38)25(4)41-30-16-14-28(15-17-30)35-34(40)31(21-27-13-9-8-10-24(27)3)37-33(39)26-11-6-5-7-12-26/h5-21,25H,1-4H3,(H,35,40)(H,36,38)(H,37,39)/b31-21-. The van der Waals surface area contributed by atoms with Gasteiger partial charge in [-0.25, -0.2) is 0 Å².